The van der Waals surface area contributed by atoms with Gasteiger partial charge in [0.15, 0.2) is 0 Å². The molecule has 0 atom stereocenters. The predicted molar refractivity (Wildman–Crippen MR) is 67.8 cm³/mol. The second-order valence-corrected chi connectivity index (χ2v) is 4.84. The van der Waals surface area contributed by atoms with Gasteiger partial charge in [-0.25, -0.2) is 0 Å². The van der Waals surface area contributed by atoms with Gasteiger partial charge in [-0.05, 0) is 32.9 Å². The largest absolute Gasteiger partial charge is 0.481 e. The molecule has 0 heterocycles. The molecule has 0 fully saturated rings. The van der Waals surface area contributed by atoms with Crippen LogP contribution in [0.5, 0.6) is 0 Å². The van der Waals surface area contributed by atoms with E-state index >= 15 is 0 Å². The van der Waals surface area contributed by atoms with Gasteiger partial charge in [0, 0.05) is 22.9 Å². The number of nitro groups is 1. The molecule has 1 aromatic rings. The monoisotopic (exact) mass is 252 g/mol. The van der Waals surface area contributed by atoms with Crippen LogP contribution in [0.2, 0.25) is 0 Å². The Balaban J connectivity index is 2.89. The molecule has 0 amide bonds. The molecule has 0 bridgehead atoms. The standard InChI is InChI=1S/C12H16N2O4/c1-8-6-9(4-5-10(8)14(17)18)13-12(2,3)7-11(15)16/h4-6,13H,7H2,1-3H3,(H,15,16). The first kappa shape index (κ1) is 14.0. The number of nitrogens with zero attached hydrogens (tertiary/aromatic N) is 1. The Morgan fingerprint density at radius 3 is 2.56 bits per heavy atom. The molecule has 0 aromatic heterocycles. The molecule has 6 nitrogen and oxygen atoms in total. The summed E-state index contributed by atoms with van der Waals surface area (Å²) in [6.07, 6.45) is -0.0387. The van der Waals surface area contributed by atoms with E-state index in [2.05, 4.69) is 5.32 Å². The molecule has 0 aliphatic rings. The van der Waals surface area contributed by atoms with E-state index in [0.717, 1.165) is 0 Å². The highest BCUT2D eigenvalue weighted by Gasteiger charge is 2.22. The lowest BCUT2D eigenvalue weighted by molar-refractivity contribution is -0.385. The number of hydrogen-bond acceptors (Lipinski definition) is 4. The molecular weight excluding hydrogens is 236 g/mol. The Morgan fingerprint density at radius 2 is 2.11 bits per heavy atom. The summed E-state index contributed by atoms with van der Waals surface area (Å²) in [5.74, 6) is -0.897. The minimum atomic E-state index is -0.897. The zero-order chi connectivity index (χ0) is 13.9. The topological polar surface area (TPSA) is 92.5 Å². The van der Waals surface area contributed by atoms with E-state index in [9.17, 15) is 14.9 Å². The smallest absolute Gasteiger partial charge is 0.305 e. The lowest BCUT2D eigenvalue weighted by Crippen LogP contribution is -2.33. The molecule has 0 spiro atoms. The van der Waals surface area contributed by atoms with Crippen LogP contribution in [0.4, 0.5) is 11.4 Å². The Labute approximate surface area is 105 Å². The second-order valence-electron chi connectivity index (χ2n) is 4.84. The normalized spacial score (nSPS) is 11.1. The third-order valence-electron chi connectivity index (χ3n) is 2.47. The molecule has 18 heavy (non-hydrogen) atoms. The van der Waals surface area contributed by atoms with Gasteiger partial charge in [0.05, 0.1) is 11.3 Å². The summed E-state index contributed by atoms with van der Waals surface area (Å²) in [5.41, 5.74) is 0.645. The minimum absolute atomic E-state index is 0.0387. The molecule has 0 radical (unpaired) electrons. The van der Waals surface area contributed by atoms with Crippen LogP contribution in [0.15, 0.2) is 18.2 Å². The fourth-order valence-corrected chi connectivity index (χ4v) is 1.75. The molecule has 2 N–H and O–H groups in total. The zero-order valence-electron chi connectivity index (χ0n) is 10.6. The number of nitro benzene ring substituents is 1. The second kappa shape index (κ2) is 5.03. The van der Waals surface area contributed by atoms with Crippen molar-refractivity contribution in [3.63, 3.8) is 0 Å². The van der Waals surface area contributed by atoms with Gasteiger partial charge < -0.3 is 10.4 Å². The number of anilines is 1. The molecule has 98 valence electrons. The zero-order valence-corrected chi connectivity index (χ0v) is 10.6. The number of nitrogens with one attached hydrogen (secondary N) is 1. The fraction of sp³-hybridized carbons (Fsp3) is 0.417. The molecule has 0 saturated heterocycles. The summed E-state index contributed by atoms with van der Waals surface area (Å²) in [4.78, 5) is 20.9. The van der Waals surface area contributed by atoms with Crippen molar-refractivity contribution in [1.82, 2.24) is 0 Å². The van der Waals surface area contributed by atoms with Crippen LogP contribution in [-0.2, 0) is 4.79 Å². The number of hydrogen-bond donors (Lipinski definition) is 2. The summed E-state index contributed by atoms with van der Waals surface area (Å²) in [6, 6.07) is 4.63. The lowest BCUT2D eigenvalue weighted by Gasteiger charge is -2.25. The quantitative estimate of drug-likeness (QED) is 0.620. The van der Waals surface area contributed by atoms with Crippen molar-refractivity contribution in [1.29, 1.82) is 0 Å². The van der Waals surface area contributed by atoms with Crippen molar-refractivity contribution in [2.75, 3.05) is 5.32 Å². The molecule has 0 unspecified atom stereocenters. The van der Waals surface area contributed by atoms with Crippen molar-refractivity contribution in [2.45, 2.75) is 32.7 Å². The molecule has 0 saturated carbocycles. The van der Waals surface area contributed by atoms with Gasteiger partial charge in [-0.3, -0.25) is 14.9 Å². The Morgan fingerprint density at radius 1 is 1.50 bits per heavy atom. The van der Waals surface area contributed by atoms with Gasteiger partial charge in [-0.1, -0.05) is 0 Å². The number of carbonyl (C=O) groups is 1. The summed E-state index contributed by atoms with van der Waals surface area (Å²) in [6.45, 7) is 5.17. The van der Waals surface area contributed by atoms with Crippen LogP contribution in [0.1, 0.15) is 25.8 Å². The van der Waals surface area contributed by atoms with Crippen molar-refractivity contribution in [3.05, 3.63) is 33.9 Å². The van der Waals surface area contributed by atoms with E-state index in [1.807, 2.05) is 0 Å². The summed E-state index contributed by atoms with van der Waals surface area (Å²) in [7, 11) is 0. The first-order chi connectivity index (χ1) is 8.21. The van der Waals surface area contributed by atoms with Crippen LogP contribution in [0.3, 0.4) is 0 Å². The van der Waals surface area contributed by atoms with Gasteiger partial charge >= 0.3 is 5.97 Å². The average Bonchev–Trinajstić information content (AvgIpc) is 2.13. The van der Waals surface area contributed by atoms with Crippen LogP contribution >= 0.6 is 0 Å². The van der Waals surface area contributed by atoms with Crippen LogP contribution < -0.4 is 5.32 Å². The van der Waals surface area contributed by atoms with E-state index in [1.54, 1.807) is 32.9 Å². The molecule has 0 aliphatic heterocycles. The number of aryl methyl sites for hydroxylation is 1. The van der Waals surface area contributed by atoms with Gasteiger partial charge in [0.2, 0.25) is 0 Å². The Hall–Kier alpha value is -2.11. The Kier molecular flexibility index (Phi) is 3.90. The Bertz CT molecular complexity index is 483. The molecule has 0 aliphatic carbocycles. The van der Waals surface area contributed by atoms with Crippen molar-refractivity contribution < 1.29 is 14.8 Å². The van der Waals surface area contributed by atoms with Crippen LogP contribution in [0, 0.1) is 17.0 Å². The van der Waals surface area contributed by atoms with Gasteiger partial charge in [-0.2, -0.15) is 0 Å². The van der Waals surface area contributed by atoms with E-state index in [-0.39, 0.29) is 12.1 Å². The van der Waals surface area contributed by atoms with Gasteiger partial charge in [0.1, 0.15) is 0 Å². The maximum atomic E-state index is 10.7. The molecule has 1 aromatic carbocycles. The van der Waals surface area contributed by atoms with Gasteiger partial charge in [-0.15, -0.1) is 0 Å². The maximum absolute atomic E-state index is 10.7. The third-order valence-corrected chi connectivity index (χ3v) is 2.47. The highest BCUT2D eigenvalue weighted by atomic mass is 16.6. The van der Waals surface area contributed by atoms with Gasteiger partial charge in [0.25, 0.3) is 5.69 Å². The van der Waals surface area contributed by atoms with Crippen molar-refractivity contribution in [3.8, 4) is 0 Å². The van der Waals surface area contributed by atoms with E-state index in [0.29, 0.717) is 11.3 Å². The average molecular weight is 252 g/mol. The fourth-order valence-electron chi connectivity index (χ4n) is 1.75. The van der Waals surface area contributed by atoms with Crippen LogP contribution in [0.25, 0.3) is 0 Å². The third kappa shape index (κ3) is 3.73. The summed E-state index contributed by atoms with van der Waals surface area (Å²) < 4.78 is 0. The first-order valence-electron chi connectivity index (χ1n) is 5.46. The molecule has 1 rings (SSSR count). The number of benzene rings is 1. The van der Waals surface area contributed by atoms with Crippen molar-refractivity contribution in [2.24, 2.45) is 0 Å². The highest BCUT2D eigenvalue weighted by molar-refractivity contribution is 5.69. The highest BCUT2D eigenvalue weighted by Crippen LogP contribution is 2.24. The number of rotatable bonds is 5. The van der Waals surface area contributed by atoms with E-state index in [4.69, 9.17) is 5.11 Å². The maximum Gasteiger partial charge on any atom is 0.305 e. The van der Waals surface area contributed by atoms with Crippen molar-refractivity contribution >= 4 is 17.3 Å². The lowest BCUT2D eigenvalue weighted by atomic mass is 10.00. The summed E-state index contributed by atoms with van der Waals surface area (Å²) >= 11 is 0. The first-order valence-corrected chi connectivity index (χ1v) is 5.46. The van der Waals surface area contributed by atoms with Crippen LogP contribution in [-0.4, -0.2) is 21.5 Å². The minimum Gasteiger partial charge on any atom is -0.481 e. The SMILES string of the molecule is Cc1cc(NC(C)(C)CC(=O)O)ccc1[N+](=O)[O-]. The summed E-state index contributed by atoms with van der Waals surface area (Å²) in [5, 5.41) is 22.5. The number of aliphatic carboxylic acids is 1. The predicted octanol–water partition coefficient (Wildman–Crippen LogP) is 2.57. The van der Waals surface area contributed by atoms with E-state index < -0.39 is 16.4 Å². The van der Waals surface area contributed by atoms with E-state index in [1.165, 1.54) is 6.07 Å². The number of carboxylic acids is 1. The molecule has 6 heteroatoms. The number of carboxylic acid groups (broad SMARTS) is 1. The molecular formula is C12H16N2O4.